The minimum atomic E-state index is -4.70. The summed E-state index contributed by atoms with van der Waals surface area (Å²) in [5, 5.41) is 8.85. The van der Waals surface area contributed by atoms with Crippen molar-refractivity contribution < 1.29 is 31.9 Å². The Morgan fingerprint density at radius 2 is 1.74 bits per heavy atom. The number of alkyl halides is 5. The lowest BCUT2D eigenvalue weighted by Crippen LogP contribution is -2.36. The van der Waals surface area contributed by atoms with Gasteiger partial charge in [-0.3, -0.25) is 0 Å². The molecule has 1 aromatic rings. The second kappa shape index (κ2) is 9.63. The molecule has 0 spiro atoms. The van der Waals surface area contributed by atoms with Crippen LogP contribution in [-0.4, -0.2) is 33.6 Å². The summed E-state index contributed by atoms with van der Waals surface area (Å²) in [5.74, 6) is -4.73. The van der Waals surface area contributed by atoms with Gasteiger partial charge in [-0.1, -0.05) is 32.9 Å². The van der Waals surface area contributed by atoms with Crippen molar-refractivity contribution in [3.63, 3.8) is 0 Å². The standard InChI is InChI=1S/C22H26F5NO2S/c1-20(2,3)9-12-28-11-5-8-17(19(29)30)18(28)31-13-10-21(23,24)15-6-4-7-16(14-15)22(25,26)27/h4-8,11,14,18H,9-10,12-13H2,1-3H3,(H,29,30). The molecule has 1 heterocycles. The highest BCUT2D eigenvalue weighted by atomic mass is 32.2. The van der Waals surface area contributed by atoms with E-state index >= 15 is 0 Å². The molecule has 3 nitrogen and oxygen atoms in total. The molecular weight excluding hydrogens is 437 g/mol. The number of benzene rings is 1. The Kier molecular flexibility index (Phi) is 7.84. The van der Waals surface area contributed by atoms with E-state index in [1.807, 2.05) is 25.7 Å². The highest BCUT2D eigenvalue weighted by Gasteiger charge is 2.37. The highest BCUT2D eigenvalue weighted by Crippen LogP contribution is 2.38. The normalized spacial score (nSPS) is 17.6. The molecule has 0 bridgehead atoms. The molecule has 1 unspecified atom stereocenters. The number of carboxylic acids is 1. The molecule has 0 aliphatic carbocycles. The number of carboxylic acid groups (broad SMARTS) is 1. The van der Waals surface area contributed by atoms with Gasteiger partial charge in [0.1, 0.15) is 5.37 Å². The lowest BCUT2D eigenvalue weighted by Gasteiger charge is -2.35. The lowest BCUT2D eigenvalue weighted by molar-refractivity contribution is -0.138. The molecule has 0 aromatic heterocycles. The van der Waals surface area contributed by atoms with E-state index in [0.29, 0.717) is 12.6 Å². The number of halogens is 5. The molecule has 2 rings (SSSR count). The minimum absolute atomic E-state index is 0.00410. The van der Waals surface area contributed by atoms with E-state index in [1.54, 1.807) is 12.3 Å². The van der Waals surface area contributed by atoms with Crippen molar-refractivity contribution in [3.05, 3.63) is 59.3 Å². The SMILES string of the molecule is CC(C)(C)CCN1C=CC=C(C(=O)O)C1SCCC(F)(F)c1cccc(C(F)(F)F)c1. The third-order valence-electron chi connectivity index (χ3n) is 4.79. The van der Waals surface area contributed by atoms with Crippen molar-refractivity contribution in [2.75, 3.05) is 12.3 Å². The Hall–Kier alpha value is -2.03. The number of rotatable bonds is 8. The van der Waals surface area contributed by atoms with Gasteiger partial charge in [-0.2, -0.15) is 13.2 Å². The van der Waals surface area contributed by atoms with Gasteiger partial charge in [0.05, 0.1) is 11.1 Å². The highest BCUT2D eigenvalue weighted by molar-refractivity contribution is 8.00. The molecular formula is C22H26F5NO2S. The Morgan fingerprint density at radius 3 is 2.32 bits per heavy atom. The van der Waals surface area contributed by atoms with Crippen LogP contribution >= 0.6 is 11.8 Å². The molecule has 1 aromatic carbocycles. The predicted octanol–water partition coefficient (Wildman–Crippen LogP) is 6.52. The van der Waals surface area contributed by atoms with E-state index < -0.39 is 41.0 Å². The summed E-state index contributed by atoms with van der Waals surface area (Å²) < 4.78 is 67.7. The van der Waals surface area contributed by atoms with Crippen LogP contribution in [0, 0.1) is 5.41 Å². The number of aliphatic carboxylic acids is 1. The zero-order valence-electron chi connectivity index (χ0n) is 17.5. The maximum absolute atomic E-state index is 14.6. The summed E-state index contributed by atoms with van der Waals surface area (Å²) in [4.78, 5) is 13.4. The molecule has 0 saturated heterocycles. The number of hydrogen-bond donors (Lipinski definition) is 1. The number of nitrogens with zero attached hydrogens (tertiary/aromatic N) is 1. The Morgan fingerprint density at radius 1 is 1.10 bits per heavy atom. The molecule has 1 aliphatic rings. The van der Waals surface area contributed by atoms with Gasteiger partial charge < -0.3 is 10.0 Å². The van der Waals surface area contributed by atoms with Crippen LogP contribution in [0.1, 0.15) is 44.7 Å². The largest absolute Gasteiger partial charge is 0.478 e. The zero-order valence-corrected chi connectivity index (χ0v) is 18.4. The van der Waals surface area contributed by atoms with Gasteiger partial charge in [0.25, 0.3) is 5.92 Å². The van der Waals surface area contributed by atoms with Gasteiger partial charge in [0.2, 0.25) is 0 Å². The molecule has 0 amide bonds. The minimum Gasteiger partial charge on any atom is -0.478 e. The molecule has 1 atom stereocenters. The first-order chi connectivity index (χ1) is 14.2. The maximum atomic E-state index is 14.6. The molecule has 0 radical (unpaired) electrons. The molecule has 1 N–H and O–H groups in total. The smallest absolute Gasteiger partial charge is 0.416 e. The zero-order chi connectivity index (χ0) is 23.4. The summed E-state index contributed by atoms with van der Waals surface area (Å²) in [6.45, 7) is 6.69. The molecule has 0 fully saturated rings. The average molecular weight is 464 g/mol. The van der Waals surface area contributed by atoms with Crippen LogP contribution in [0.4, 0.5) is 22.0 Å². The topological polar surface area (TPSA) is 40.5 Å². The van der Waals surface area contributed by atoms with Gasteiger partial charge in [0.15, 0.2) is 0 Å². The van der Waals surface area contributed by atoms with Crippen LogP contribution in [0.25, 0.3) is 0 Å². The molecule has 31 heavy (non-hydrogen) atoms. The third kappa shape index (κ3) is 7.26. The van der Waals surface area contributed by atoms with E-state index in [4.69, 9.17) is 0 Å². The lowest BCUT2D eigenvalue weighted by atomic mass is 9.92. The van der Waals surface area contributed by atoms with E-state index in [0.717, 1.165) is 36.4 Å². The van der Waals surface area contributed by atoms with Crippen molar-refractivity contribution in [1.29, 1.82) is 0 Å². The van der Waals surface area contributed by atoms with Crippen molar-refractivity contribution >= 4 is 17.7 Å². The fourth-order valence-electron chi connectivity index (χ4n) is 2.98. The summed E-state index contributed by atoms with van der Waals surface area (Å²) in [7, 11) is 0. The summed E-state index contributed by atoms with van der Waals surface area (Å²) in [6.07, 6.45) is 0.143. The Balaban J connectivity index is 2.10. The first-order valence-electron chi connectivity index (χ1n) is 9.75. The summed E-state index contributed by atoms with van der Waals surface area (Å²) >= 11 is 1.05. The molecule has 9 heteroatoms. The van der Waals surface area contributed by atoms with Crippen LogP contribution in [0.2, 0.25) is 0 Å². The monoisotopic (exact) mass is 463 g/mol. The molecule has 172 valence electrons. The Labute approximate surface area is 183 Å². The molecule has 0 saturated carbocycles. The molecule has 1 aliphatic heterocycles. The number of carbonyl (C=O) groups is 1. The van der Waals surface area contributed by atoms with Crippen molar-refractivity contribution in [1.82, 2.24) is 4.90 Å². The maximum Gasteiger partial charge on any atom is 0.416 e. The van der Waals surface area contributed by atoms with Crippen LogP contribution in [-0.2, 0) is 16.9 Å². The first-order valence-corrected chi connectivity index (χ1v) is 10.8. The predicted molar refractivity (Wildman–Crippen MR) is 112 cm³/mol. The van der Waals surface area contributed by atoms with E-state index in [9.17, 15) is 31.9 Å². The average Bonchev–Trinajstić information content (AvgIpc) is 2.65. The van der Waals surface area contributed by atoms with Crippen LogP contribution in [0.5, 0.6) is 0 Å². The van der Waals surface area contributed by atoms with Gasteiger partial charge in [0, 0.05) is 30.5 Å². The van der Waals surface area contributed by atoms with E-state index in [1.165, 1.54) is 6.08 Å². The van der Waals surface area contributed by atoms with E-state index in [2.05, 4.69) is 0 Å². The number of thioether (sulfide) groups is 1. The van der Waals surface area contributed by atoms with Crippen LogP contribution < -0.4 is 0 Å². The summed E-state index contributed by atoms with van der Waals surface area (Å²) in [6, 6.07) is 3.15. The Bertz CT molecular complexity index is 843. The number of hydrogen-bond acceptors (Lipinski definition) is 3. The third-order valence-corrected chi connectivity index (χ3v) is 6.07. The van der Waals surface area contributed by atoms with E-state index in [-0.39, 0.29) is 16.7 Å². The van der Waals surface area contributed by atoms with Crippen molar-refractivity contribution in [2.24, 2.45) is 5.41 Å². The second-order valence-corrected chi connectivity index (χ2v) is 9.76. The summed E-state index contributed by atoms with van der Waals surface area (Å²) in [5.41, 5.74) is -1.74. The quantitative estimate of drug-likeness (QED) is 0.446. The first kappa shape index (κ1) is 25.2. The fraction of sp³-hybridized carbons (Fsp3) is 0.500. The van der Waals surface area contributed by atoms with Crippen molar-refractivity contribution in [2.45, 2.75) is 51.1 Å². The van der Waals surface area contributed by atoms with Crippen LogP contribution in [0.3, 0.4) is 0 Å². The second-order valence-electron chi connectivity index (χ2n) is 8.57. The van der Waals surface area contributed by atoms with Gasteiger partial charge in [-0.25, -0.2) is 13.6 Å². The van der Waals surface area contributed by atoms with Gasteiger partial charge in [-0.15, -0.1) is 11.8 Å². The van der Waals surface area contributed by atoms with Gasteiger partial charge in [-0.05, 0) is 36.1 Å². The van der Waals surface area contributed by atoms with Crippen molar-refractivity contribution in [3.8, 4) is 0 Å². The van der Waals surface area contributed by atoms with Gasteiger partial charge >= 0.3 is 12.1 Å². The number of allylic oxidation sites excluding steroid dienone is 2. The van der Waals surface area contributed by atoms with Crippen LogP contribution in [0.15, 0.2) is 48.2 Å². The fourth-order valence-corrected chi connectivity index (χ4v) is 4.30.